The first-order valence-electron chi connectivity index (χ1n) is 4.57. The lowest BCUT2D eigenvalue weighted by Gasteiger charge is -2.12. The van der Waals surface area contributed by atoms with E-state index in [-0.39, 0.29) is 11.3 Å². The Labute approximate surface area is 95.7 Å². The molecule has 0 saturated heterocycles. The van der Waals surface area contributed by atoms with Crippen molar-refractivity contribution in [3.05, 3.63) is 35.4 Å². The summed E-state index contributed by atoms with van der Waals surface area (Å²) in [6.45, 7) is 0. The van der Waals surface area contributed by atoms with Crippen LogP contribution in [-0.4, -0.2) is 13.0 Å². The summed E-state index contributed by atoms with van der Waals surface area (Å²) >= 11 is 0. The van der Waals surface area contributed by atoms with Crippen molar-refractivity contribution in [1.82, 2.24) is 0 Å². The molecule has 0 unspecified atom stereocenters. The number of amides is 1. The third-order valence-electron chi connectivity index (χ3n) is 1.97. The fraction of sp³-hybridized carbons (Fsp3) is 0.182. The van der Waals surface area contributed by atoms with Crippen LogP contribution >= 0.6 is 0 Å². The van der Waals surface area contributed by atoms with Gasteiger partial charge in [-0.15, -0.1) is 0 Å². The first-order valence-corrected chi connectivity index (χ1v) is 4.57. The summed E-state index contributed by atoms with van der Waals surface area (Å²) in [6.07, 6.45) is -2.32. The Morgan fingerprint density at radius 3 is 2.53 bits per heavy atom. The second-order valence-electron chi connectivity index (χ2n) is 3.19. The Kier molecular flexibility index (Phi) is 3.77. The molecule has 0 spiro atoms. The van der Waals surface area contributed by atoms with E-state index < -0.39 is 17.6 Å². The van der Waals surface area contributed by atoms with Crippen LogP contribution in [0.15, 0.2) is 24.3 Å². The number of methoxy groups -OCH3 is 1. The summed E-state index contributed by atoms with van der Waals surface area (Å²) in [5.41, 5.74) is 4.17. The number of hydrogen-bond donors (Lipinski definition) is 1. The van der Waals surface area contributed by atoms with Gasteiger partial charge in [-0.05, 0) is 23.8 Å². The predicted octanol–water partition coefficient (Wildman–Crippen LogP) is 2.21. The Morgan fingerprint density at radius 2 is 2.06 bits per heavy atom. The van der Waals surface area contributed by atoms with Gasteiger partial charge in [0, 0.05) is 6.08 Å². The van der Waals surface area contributed by atoms with Crippen molar-refractivity contribution in [2.75, 3.05) is 7.11 Å². The largest absolute Gasteiger partial charge is 0.496 e. The number of alkyl halides is 3. The Bertz CT molecular complexity index is 453. The maximum atomic E-state index is 12.6. The highest BCUT2D eigenvalue weighted by molar-refractivity contribution is 5.90. The molecule has 92 valence electrons. The Morgan fingerprint density at radius 1 is 1.41 bits per heavy atom. The van der Waals surface area contributed by atoms with Crippen LogP contribution in [0.5, 0.6) is 5.75 Å². The smallest absolute Gasteiger partial charge is 0.419 e. The van der Waals surface area contributed by atoms with Gasteiger partial charge in [0.15, 0.2) is 0 Å². The Balaban J connectivity index is 3.18. The number of carbonyl (C=O) groups is 1. The van der Waals surface area contributed by atoms with E-state index in [0.29, 0.717) is 0 Å². The number of rotatable bonds is 3. The van der Waals surface area contributed by atoms with Gasteiger partial charge in [-0.1, -0.05) is 6.07 Å². The number of primary amides is 1. The maximum absolute atomic E-state index is 12.6. The quantitative estimate of drug-likeness (QED) is 0.830. The molecule has 6 heteroatoms. The summed E-state index contributed by atoms with van der Waals surface area (Å²) in [6, 6.07) is 3.47. The normalized spacial score (nSPS) is 11.8. The molecule has 0 aromatic heterocycles. The van der Waals surface area contributed by atoms with Gasteiger partial charge in [0.1, 0.15) is 5.75 Å². The molecule has 1 aromatic carbocycles. The molecule has 0 fully saturated rings. The number of benzene rings is 1. The molecule has 0 heterocycles. The average Bonchev–Trinajstić information content (AvgIpc) is 2.24. The fourth-order valence-electron chi connectivity index (χ4n) is 1.23. The minimum Gasteiger partial charge on any atom is -0.496 e. The lowest BCUT2D eigenvalue weighted by Crippen LogP contribution is -2.08. The lowest BCUT2D eigenvalue weighted by molar-refractivity contribution is -0.138. The molecular formula is C11H10F3NO2. The summed E-state index contributed by atoms with van der Waals surface area (Å²) in [5, 5.41) is 0. The van der Waals surface area contributed by atoms with Gasteiger partial charge in [-0.3, -0.25) is 4.79 Å². The van der Waals surface area contributed by atoms with E-state index in [2.05, 4.69) is 4.74 Å². The summed E-state index contributed by atoms with van der Waals surface area (Å²) in [4.78, 5) is 10.5. The Hall–Kier alpha value is -1.98. The van der Waals surface area contributed by atoms with Gasteiger partial charge in [0.25, 0.3) is 0 Å². The molecule has 0 aliphatic rings. The molecule has 0 aliphatic heterocycles. The first kappa shape index (κ1) is 13.1. The molecule has 0 bridgehead atoms. The van der Waals surface area contributed by atoms with Crippen LogP contribution in [0, 0.1) is 0 Å². The van der Waals surface area contributed by atoms with Crippen LogP contribution in [0.2, 0.25) is 0 Å². The highest BCUT2D eigenvalue weighted by Gasteiger charge is 2.34. The van der Waals surface area contributed by atoms with Crippen molar-refractivity contribution in [3.63, 3.8) is 0 Å². The van der Waals surface area contributed by atoms with Crippen LogP contribution in [0.25, 0.3) is 6.08 Å². The molecule has 0 radical (unpaired) electrons. The van der Waals surface area contributed by atoms with Gasteiger partial charge in [-0.2, -0.15) is 13.2 Å². The zero-order valence-corrected chi connectivity index (χ0v) is 8.91. The molecule has 17 heavy (non-hydrogen) atoms. The zero-order valence-electron chi connectivity index (χ0n) is 8.91. The van der Waals surface area contributed by atoms with Crippen molar-refractivity contribution in [3.8, 4) is 5.75 Å². The summed E-state index contributed by atoms with van der Waals surface area (Å²) < 4.78 is 42.5. The standard InChI is InChI=1S/C11H10F3NO2/c1-17-9-4-2-7(3-5-10(15)16)6-8(9)11(12,13)14/h2-6H,1H3,(H2,15,16). The zero-order chi connectivity index (χ0) is 13.1. The monoisotopic (exact) mass is 245 g/mol. The fourth-order valence-corrected chi connectivity index (χ4v) is 1.23. The van der Waals surface area contributed by atoms with Gasteiger partial charge in [0.05, 0.1) is 12.7 Å². The minimum atomic E-state index is -4.51. The third kappa shape index (κ3) is 3.51. The van der Waals surface area contributed by atoms with Crippen molar-refractivity contribution in [1.29, 1.82) is 0 Å². The molecule has 1 rings (SSSR count). The number of ether oxygens (including phenoxy) is 1. The van der Waals surface area contributed by atoms with Crippen molar-refractivity contribution in [2.24, 2.45) is 5.73 Å². The van der Waals surface area contributed by atoms with E-state index in [9.17, 15) is 18.0 Å². The average molecular weight is 245 g/mol. The molecule has 0 saturated carbocycles. The minimum absolute atomic E-state index is 0.219. The van der Waals surface area contributed by atoms with Crippen LogP contribution in [0.3, 0.4) is 0 Å². The summed E-state index contributed by atoms with van der Waals surface area (Å²) in [5.74, 6) is -0.997. The third-order valence-corrected chi connectivity index (χ3v) is 1.97. The van der Waals surface area contributed by atoms with E-state index >= 15 is 0 Å². The van der Waals surface area contributed by atoms with Crippen LogP contribution in [0.1, 0.15) is 11.1 Å². The predicted molar refractivity (Wildman–Crippen MR) is 56.2 cm³/mol. The molecular weight excluding hydrogens is 235 g/mol. The molecule has 0 aliphatic carbocycles. The second kappa shape index (κ2) is 4.90. The van der Waals surface area contributed by atoms with Crippen molar-refractivity contribution >= 4 is 12.0 Å². The van der Waals surface area contributed by atoms with Gasteiger partial charge in [-0.25, -0.2) is 0 Å². The number of carbonyl (C=O) groups excluding carboxylic acids is 1. The summed E-state index contributed by atoms with van der Waals surface area (Å²) in [7, 11) is 1.16. The van der Waals surface area contributed by atoms with Crippen molar-refractivity contribution in [2.45, 2.75) is 6.18 Å². The molecule has 0 atom stereocenters. The van der Waals surface area contributed by atoms with E-state index in [4.69, 9.17) is 5.73 Å². The highest BCUT2D eigenvalue weighted by atomic mass is 19.4. The van der Waals surface area contributed by atoms with E-state index in [1.54, 1.807) is 0 Å². The van der Waals surface area contributed by atoms with Gasteiger partial charge in [0.2, 0.25) is 5.91 Å². The topological polar surface area (TPSA) is 52.3 Å². The number of hydrogen-bond acceptors (Lipinski definition) is 2. The SMILES string of the molecule is COc1ccc(C=CC(N)=O)cc1C(F)(F)F. The highest BCUT2D eigenvalue weighted by Crippen LogP contribution is 2.36. The van der Waals surface area contributed by atoms with E-state index in [1.807, 2.05) is 0 Å². The van der Waals surface area contributed by atoms with Crippen LogP contribution < -0.4 is 10.5 Å². The van der Waals surface area contributed by atoms with E-state index in [0.717, 1.165) is 19.3 Å². The van der Waals surface area contributed by atoms with E-state index in [1.165, 1.54) is 18.2 Å². The number of nitrogens with two attached hydrogens (primary N) is 1. The first-order chi connectivity index (χ1) is 7.84. The molecule has 1 aromatic rings. The molecule has 3 nitrogen and oxygen atoms in total. The van der Waals surface area contributed by atoms with Gasteiger partial charge < -0.3 is 10.5 Å². The number of halogens is 3. The molecule has 1 amide bonds. The second-order valence-corrected chi connectivity index (χ2v) is 3.19. The van der Waals surface area contributed by atoms with Crippen LogP contribution in [0.4, 0.5) is 13.2 Å². The van der Waals surface area contributed by atoms with Crippen molar-refractivity contribution < 1.29 is 22.7 Å². The maximum Gasteiger partial charge on any atom is 0.419 e. The van der Waals surface area contributed by atoms with Gasteiger partial charge >= 0.3 is 6.18 Å². The van der Waals surface area contributed by atoms with Crippen LogP contribution in [-0.2, 0) is 11.0 Å². The lowest BCUT2D eigenvalue weighted by atomic mass is 10.1. The molecule has 2 N–H and O–H groups in total.